The van der Waals surface area contributed by atoms with Crippen molar-refractivity contribution in [1.82, 2.24) is 10.6 Å². The zero-order valence-electron chi connectivity index (χ0n) is 13.9. The van der Waals surface area contributed by atoms with Gasteiger partial charge in [-0.15, -0.1) is 0 Å². The molecule has 0 spiro atoms. The third-order valence-corrected chi connectivity index (χ3v) is 4.35. The molecule has 0 bridgehead atoms. The van der Waals surface area contributed by atoms with Crippen LogP contribution in [0, 0.1) is 0 Å². The first kappa shape index (κ1) is 18.3. The minimum atomic E-state index is -0.574. The predicted molar refractivity (Wildman–Crippen MR) is 93.7 cm³/mol. The van der Waals surface area contributed by atoms with Crippen LogP contribution in [0.25, 0.3) is 0 Å². The molecule has 1 atom stereocenters. The Balaban J connectivity index is 2.34. The standard InChI is InChI=1S/C17H21BrN2O4/c1-4-5-8-24-16(21)14-10(2)19-17(22)20-15(14)11-6-7-13(23-3)12(18)9-11/h6-7,9,15H,4-5,8H2,1-3H3,(H2,19,20,22). The lowest BCUT2D eigenvalue weighted by atomic mass is 9.95. The number of urea groups is 1. The summed E-state index contributed by atoms with van der Waals surface area (Å²) in [6.45, 7) is 4.08. The van der Waals surface area contributed by atoms with Gasteiger partial charge >= 0.3 is 12.0 Å². The van der Waals surface area contributed by atoms with E-state index in [9.17, 15) is 9.59 Å². The van der Waals surface area contributed by atoms with Gasteiger partial charge in [-0.1, -0.05) is 19.4 Å². The number of nitrogens with one attached hydrogen (secondary N) is 2. The van der Waals surface area contributed by atoms with Crippen LogP contribution < -0.4 is 15.4 Å². The average molecular weight is 397 g/mol. The van der Waals surface area contributed by atoms with Gasteiger partial charge in [0.2, 0.25) is 0 Å². The quantitative estimate of drug-likeness (QED) is 0.570. The van der Waals surface area contributed by atoms with Crippen molar-refractivity contribution >= 4 is 27.9 Å². The molecule has 2 rings (SSSR count). The van der Waals surface area contributed by atoms with Crippen LogP contribution in [-0.2, 0) is 9.53 Å². The van der Waals surface area contributed by atoms with E-state index in [1.165, 1.54) is 0 Å². The second-order valence-electron chi connectivity index (χ2n) is 5.45. The number of carbonyl (C=O) groups is 2. The highest BCUT2D eigenvalue weighted by atomic mass is 79.9. The first-order valence-electron chi connectivity index (χ1n) is 7.76. The monoisotopic (exact) mass is 396 g/mol. The Bertz CT molecular complexity index is 673. The maximum atomic E-state index is 12.5. The van der Waals surface area contributed by atoms with Crippen LogP contribution in [0.3, 0.4) is 0 Å². The number of halogens is 1. The minimum Gasteiger partial charge on any atom is -0.496 e. The molecule has 2 amide bonds. The molecule has 0 radical (unpaired) electrons. The number of hydrogen-bond donors (Lipinski definition) is 2. The fourth-order valence-electron chi connectivity index (χ4n) is 2.46. The van der Waals surface area contributed by atoms with E-state index in [1.54, 1.807) is 20.1 Å². The second-order valence-corrected chi connectivity index (χ2v) is 6.31. The van der Waals surface area contributed by atoms with E-state index in [1.807, 2.05) is 19.1 Å². The average Bonchev–Trinajstić information content (AvgIpc) is 2.54. The summed E-state index contributed by atoms with van der Waals surface area (Å²) in [5.41, 5.74) is 1.67. The first-order valence-corrected chi connectivity index (χ1v) is 8.56. The van der Waals surface area contributed by atoms with E-state index in [0.29, 0.717) is 23.6 Å². The maximum absolute atomic E-state index is 12.5. The third-order valence-electron chi connectivity index (χ3n) is 3.73. The molecule has 24 heavy (non-hydrogen) atoms. The van der Waals surface area contributed by atoms with Crippen LogP contribution in [0.5, 0.6) is 5.75 Å². The summed E-state index contributed by atoms with van der Waals surface area (Å²) < 4.78 is 11.3. The van der Waals surface area contributed by atoms with Gasteiger partial charge in [0, 0.05) is 5.70 Å². The van der Waals surface area contributed by atoms with Gasteiger partial charge in [-0.3, -0.25) is 0 Å². The third kappa shape index (κ3) is 4.08. The van der Waals surface area contributed by atoms with Crippen molar-refractivity contribution in [2.45, 2.75) is 32.7 Å². The normalized spacial score (nSPS) is 17.2. The Kier molecular flexibility index (Phi) is 6.25. The largest absolute Gasteiger partial charge is 0.496 e. The smallest absolute Gasteiger partial charge is 0.338 e. The fraction of sp³-hybridized carbons (Fsp3) is 0.412. The second kappa shape index (κ2) is 8.19. The molecule has 1 heterocycles. The molecule has 6 nitrogen and oxygen atoms in total. The van der Waals surface area contributed by atoms with Gasteiger partial charge in [0.1, 0.15) is 5.75 Å². The number of methoxy groups -OCH3 is 1. The van der Waals surface area contributed by atoms with Gasteiger partial charge in [-0.05, 0) is 47.0 Å². The van der Waals surface area contributed by atoms with Crippen LogP contribution >= 0.6 is 15.9 Å². The van der Waals surface area contributed by atoms with Crippen molar-refractivity contribution < 1.29 is 19.1 Å². The summed E-state index contributed by atoms with van der Waals surface area (Å²) in [5.74, 6) is 0.247. The molecule has 0 aromatic heterocycles. The molecular formula is C17H21BrN2O4. The Labute approximate surface area is 149 Å². The Morgan fingerprint density at radius 2 is 2.12 bits per heavy atom. The zero-order valence-corrected chi connectivity index (χ0v) is 15.5. The molecule has 0 fully saturated rings. The molecule has 0 aliphatic carbocycles. The lowest BCUT2D eigenvalue weighted by molar-refractivity contribution is -0.139. The number of hydrogen-bond acceptors (Lipinski definition) is 4. The fourth-order valence-corrected chi connectivity index (χ4v) is 3.02. The summed E-state index contributed by atoms with van der Waals surface area (Å²) in [5, 5.41) is 5.41. The number of rotatable bonds is 6. The van der Waals surface area contributed by atoms with Gasteiger partial charge in [0.05, 0.1) is 29.8 Å². The summed E-state index contributed by atoms with van der Waals surface area (Å²) in [6.07, 6.45) is 1.74. The molecule has 1 aliphatic rings. The molecule has 7 heteroatoms. The van der Waals surface area contributed by atoms with E-state index >= 15 is 0 Å². The SMILES string of the molecule is CCCCOC(=O)C1=C(C)NC(=O)NC1c1ccc(OC)c(Br)c1. The number of esters is 1. The van der Waals surface area contributed by atoms with Gasteiger partial charge < -0.3 is 20.1 Å². The van der Waals surface area contributed by atoms with Crippen LogP contribution in [0.2, 0.25) is 0 Å². The number of benzene rings is 1. The van der Waals surface area contributed by atoms with Crippen LogP contribution in [0.15, 0.2) is 33.9 Å². The molecule has 1 aromatic rings. The van der Waals surface area contributed by atoms with Crippen molar-refractivity contribution in [3.05, 3.63) is 39.5 Å². The molecule has 1 unspecified atom stereocenters. The Hall–Kier alpha value is -2.02. The lowest BCUT2D eigenvalue weighted by Gasteiger charge is -2.28. The molecule has 1 aromatic carbocycles. The van der Waals surface area contributed by atoms with E-state index in [0.717, 1.165) is 22.9 Å². The summed E-state index contributed by atoms with van der Waals surface area (Å²) in [7, 11) is 1.58. The maximum Gasteiger partial charge on any atom is 0.338 e. The van der Waals surface area contributed by atoms with E-state index in [-0.39, 0.29) is 6.03 Å². The predicted octanol–water partition coefficient (Wildman–Crippen LogP) is 3.43. The molecule has 0 saturated carbocycles. The number of amides is 2. The van der Waals surface area contributed by atoms with Crippen LogP contribution in [-0.4, -0.2) is 25.7 Å². The Morgan fingerprint density at radius 1 is 1.38 bits per heavy atom. The summed E-state index contributed by atoms with van der Waals surface area (Å²) in [4.78, 5) is 24.3. The van der Waals surface area contributed by atoms with Gasteiger partial charge in [0.25, 0.3) is 0 Å². The first-order chi connectivity index (χ1) is 11.5. The Morgan fingerprint density at radius 3 is 2.75 bits per heavy atom. The van der Waals surface area contributed by atoms with Crippen molar-refractivity contribution in [1.29, 1.82) is 0 Å². The highest BCUT2D eigenvalue weighted by molar-refractivity contribution is 9.10. The van der Waals surface area contributed by atoms with Crippen LogP contribution in [0.4, 0.5) is 4.79 Å². The van der Waals surface area contributed by atoms with Crippen molar-refractivity contribution in [2.24, 2.45) is 0 Å². The highest BCUT2D eigenvalue weighted by Crippen LogP contribution is 2.33. The van der Waals surface area contributed by atoms with Crippen molar-refractivity contribution in [2.75, 3.05) is 13.7 Å². The minimum absolute atomic E-state index is 0.352. The zero-order chi connectivity index (χ0) is 17.7. The molecule has 130 valence electrons. The molecule has 1 aliphatic heterocycles. The van der Waals surface area contributed by atoms with Crippen molar-refractivity contribution in [3.63, 3.8) is 0 Å². The number of unbranched alkanes of at least 4 members (excludes halogenated alkanes) is 1. The summed E-state index contributed by atoms with van der Waals surface area (Å²) in [6, 6.07) is 4.49. The van der Waals surface area contributed by atoms with Crippen molar-refractivity contribution in [3.8, 4) is 5.75 Å². The van der Waals surface area contributed by atoms with Gasteiger partial charge in [0.15, 0.2) is 0 Å². The van der Waals surface area contributed by atoms with Crippen LogP contribution in [0.1, 0.15) is 38.3 Å². The number of ether oxygens (including phenoxy) is 2. The topological polar surface area (TPSA) is 76.7 Å². The molecule has 2 N–H and O–H groups in total. The number of allylic oxidation sites excluding steroid dienone is 1. The van der Waals surface area contributed by atoms with E-state index < -0.39 is 12.0 Å². The molecule has 0 saturated heterocycles. The van der Waals surface area contributed by atoms with E-state index in [4.69, 9.17) is 9.47 Å². The van der Waals surface area contributed by atoms with Gasteiger partial charge in [-0.25, -0.2) is 9.59 Å². The lowest BCUT2D eigenvalue weighted by Crippen LogP contribution is -2.45. The van der Waals surface area contributed by atoms with Gasteiger partial charge in [-0.2, -0.15) is 0 Å². The van der Waals surface area contributed by atoms with E-state index in [2.05, 4.69) is 26.6 Å². The summed E-state index contributed by atoms with van der Waals surface area (Å²) >= 11 is 3.43. The molecular weight excluding hydrogens is 376 g/mol. The number of carbonyl (C=O) groups excluding carboxylic acids is 2. The highest BCUT2D eigenvalue weighted by Gasteiger charge is 2.32.